The molecule has 0 spiro atoms. The van der Waals surface area contributed by atoms with Gasteiger partial charge in [0.1, 0.15) is 5.65 Å². The number of H-pyrrole nitrogens is 2. The van der Waals surface area contributed by atoms with Gasteiger partial charge in [-0.25, -0.2) is 4.98 Å². The smallest absolute Gasteiger partial charge is 0.137 e. The summed E-state index contributed by atoms with van der Waals surface area (Å²) in [7, 11) is 0. The van der Waals surface area contributed by atoms with Crippen molar-refractivity contribution in [2.24, 2.45) is 0 Å². The molecule has 3 heteroatoms. The van der Waals surface area contributed by atoms with Crippen LogP contribution in [-0.2, 0) is 0 Å². The molecular weight excluding hydrogens is 294 g/mol. The largest absolute Gasteiger partial charge is 0.361 e. The van der Waals surface area contributed by atoms with Crippen LogP contribution in [-0.4, -0.2) is 15.0 Å². The van der Waals surface area contributed by atoms with Crippen molar-refractivity contribution in [2.45, 2.75) is 39.5 Å². The molecule has 3 nitrogen and oxygen atoms in total. The highest BCUT2D eigenvalue weighted by Crippen LogP contribution is 2.36. The molecule has 0 bridgehead atoms. The number of aromatic nitrogens is 3. The van der Waals surface area contributed by atoms with Crippen LogP contribution in [0.25, 0.3) is 33.2 Å². The third kappa shape index (κ3) is 2.23. The zero-order valence-corrected chi connectivity index (χ0v) is 14.6. The van der Waals surface area contributed by atoms with Crippen molar-refractivity contribution >= 4 is 21.9 Å². The number of pyridine rings is 1. The summed E-state index contributed by atoms with van der Waals surface area (Å²) >= 11 is 0. The summed E-state index contributed by atoms with van der Waals surface area (Å²) in [5.41, 5.74) is 7.31. The Hall–Kier alpha value is -2.55. The molecule has 0 saturated heterocycles. The lowest BCUT2D eigenvalue weighted by molar-refractivity contribution is 0.874. The van der Waals surface area contributed by atoms with E-state index >= 15 is 0 Å². The van der Waals surface area contributed by atoms with Gasteiger partial charge in [0.2, 0.25) is 0 Å². The van der Waals surface area contributed by atoms with Crippen molar-refractivity contribution < 1.29 is 0 Å². The molecule has 2 N–H and O–H groups in total. The number of aromatic amines is 2. The highest BCUT2D eigenvalue weighted by Gasteiger charge is 2.16. The molecule has 4 rings (SSSR count). The van der Waals surface area contributed by atoms with Gasteiger partial charge in [0, 0.05) is 39.9 Å². The van der Waals surface area contributed by atoms with Gasteiger partial charge in [0.05, 0.1) is 0 Å². The monoisotopic (exact) mass is 317 g/mol. The first-order chi connectivity index (χ1) is 11.6. The van der Waals surface area contributed by atoms with Crippen LogP contribution in [0.2, 0.25) is 0 Å². The van der Waals surface area contributed by atoms with Crippen LogP contribution in [0.3, 0.4) is 0 Å². The van der Waals surface area contributed by atoms with Gasteiger partial charge in [-0.15, -0.1) is 0 Å². The second kappa shape index (κ2) is 5.52. The molecule has 0 radical (unpaired) electrons. The SMILES string of the molecule is CC(C)c1c(-c2cc3c(C(C)C)ccnc3[nH]2)ccc2[nH]ccc12. The number of nitrogens with one attached hydrogen (secondary N) is 2. The van der Waals surface area contributed by atoms with Crippen LogP contribution in [0.15, 0.2) is 42.7 Å². The van der Waals surface area contributed by atoms with Crippen molar-refractivity contribution in [3.8, 4) is 11.3 Å². The average Bonchev–Trinajstić information content (AvgIpc) is 3.18. The summed E-state index contributed by atoms with van der Waals surface area (Å²) in [4.78, 5) is 11.4. The van der Waals surface area contributed by atoms with Crippen LogP contribution < -0.4 is 0 Å². The van der Waals surface area contributed by atoms with E-state index in [2.05, 4.69) is 73.0 Å². The normalized spacial score (nSPS) is 12.1. The molecule has 122 valence electrons. The summed E-state index contributed by atoms with van der Waals surface area (Å²) < 4.78 is 0. The molecule has 0 unspecified atom stereocenters. The van der Waals surface area contributed by atoms with Gasteiger partial charge in [-0.2, -0.15) is 0 Å². The molecule has 0 amide bonds. The molecule has 0 aliphatic rings. The highest BCUT2D eigenvalue weighted by atomic mass is 14.9. The predicted octanol–water partition coefficient (Wildman–Crippen LogP) is 5.96. The van der Waals surface area contributed by atoms with E-state index in [9.17, 15) is 0 Å². The Kier molecular flexibility index (Phi) is 3.45. The minimum atomic E-state index is 0.448. The molecule has 0 saturated carbocycles. The zero-order valence-electron chi connectivity index (χ0n) is 14.6. The number of nitrogens with zero attached hydrogens (tertiary/aromatic N) is 1. The molecule has 3 aromatic heterocycles. The van der Waals surface area contributed by atoms with E-state index in [1.807, 2.05) is 12.4 Å². The highest BCUT2D eigenvalue weighted by molar-refractivity contribution is 5.93. The van der Waals surface area contributed by atoms with Gasteiger partial charge in [0.25, 0.3) is 0 Å². The first kappa shape index (κ1) is 15.0. The molecule has 0 aliphatic heterocycles. The number of fused-ring (bicyclic) bond motifs is 2. The summed E-state index contributed by atoms with van der Waals surface area (Å²) in [6.45, 7) is 8.97. The Bertz CT molecular complexity index is 1020. The van der Waals surface area contributed by atoms with E-state index < -0.39 is 0 Å². The maximum atomic E-state index is 4.54. The molecule has 24 heavy (non-hydrogen) atoms. The summed E-state index contributed by atoms with van der Waals surface area (Å²) in [6.07, 6.45) is 3.92. The average molecular weight is 317 g/mol. The van der Waals surface area contributed by atoms with E-state index in [0.717, 1.165) is 11.3 Å². The Labute approximate surface area is 142 Å². The van der Waals surface area contributed by atoms with Crippen molar-refractivity contribution in [1.29, 1.82) is 0 Å². The molecule has 0 fully saturated rings. The van der Waals surface area contributed by atoms with Crippen LogP contribution >= 0.6 is 0 Å². The molecule has 4 aromatic rings. The molecule has 0 aliphatic carbocycles. The van der Waals surface area contributed by atoms with E-state index in [1.165, 1.54) is 33.0 Å². The molecular formula is C21H23N3. The van der Waals surface area contributed by atoms with Crippen LogP contribution in [0, 0.1) is 0 Å². The lowest BCUT2D eigenvalue weighted by Crippen LogP contribution is -1.93. The Balaban J connectivity index is 1.99. The zero-order chi connectivity index (χ0) is 16.8. The van der Waals surface area contributed by atoms with Gasteiger partial charge >= 0.3 is 0 Å². The Morgan fingerprint density at radius 3 is 2.50 bits per heavy atom. The maximum absolute atomic E-state index is 4.54. The maximum Gasteiger partial charge on any atom is 0.137 e. The lowest BCUT2D eigenvalue weighted by Gasteiger charge is -2.13. The van der Waals surface area contributed by atoms with Gasteiger partial charge < -0.3 is 9.97 Å². The first-order valence-corrected chi connectivity index (χ1v) is 8.64. The minimum absolute atomic E-state index is 0.448. The first-order valence-electron chi connectivity index (χ1n) is 8.64. The predicted molar refractivity (Wildman–Crippen MR) is 102 cm³/mol. The molecule has 3 heterocycles. The Morgan fingerprint density at radius 2 is 1.75 bits per heavy atom. The van der Waals surface area contributed by atoms with Crippen LogP contribution in [0.5, 0.6) is 0 Å². The van der Waals surface area contributed by atoms with Gasteiger partial charge in [-0.1, -0.05) is 33.8 Å². The number of benzene rings is 1. The molecule has 1 aromatic carbocycles. The topological polar surface area (TPSA) is 44.5 Å². The second-order valence-electron chi connectivity index (χ2n) is 7.12. The summed E-state index contributed by atoms with van der Waals surface area (Å²) in [5.74, 6) is 0.930. The number of hydrogen-bond donors (Lipinski definition) is 2. The van der Waals surface area contributed by atoms with Crippen molar-refractivity contribution in [3.05, 3.63) is 53.9 Å². The third-order valence-corrected chi connectivity index (χ3v) is 4.83. The molecule has 0 atom stereocenters. The summed E-state index contributed by atoms with van der Waals surface area (Å²) in [6, 6.07) is 10.9. The van der Waals surface area contributed by atoms with Crippen molar-refractivity contribution in [1.82, 2.24) is 15.0 Å². The fraction of sp³-hybridized carbons (Fsp3) is 0.286. The van der Waals surface area contributed by atoms with E-state index in [4.69, 9.17) is 0 Å². The van der Waals surface area contributed by atoms with Gasteiger partial charge in [-0.05, 0) is 47.2 Å². The second-order valence-corrected chi connectivity index (χ2v) is 7.12. The van der Waals surface area contributed by atoms with E-state index in [0.29, 0.717) is 11.8 Å². The van der Waals surface area contributed by atoms with Crippen LogP contribution in [0.4, 0.5) is 0 Å². The van der Waals surface area contributed by atoms with Crippen LogP contribution in [0.1, 0.15) is 50.7 Å². The summed E-state index contributed by atoms with van der Waals surface area (Å²) in [5, 5.41) is 2.53. The number of hydrogen-bond acceptors (Lipinski definition) is 1. The van der Waals surface area contributed by atoms with Gasteiger partial charge in [0.15, 0.2) is 0 Å². The fourth-order valence-electron chi connectivity index (χ4n) is 3.71. The third-order valence-electron chi connectivity index (χ3n) is 4.83. The van der Waals surface area contributed by atoms with E-state index in [-0.39, 0.29) is 0 Å². The Morgan fingerprint density at radius 1 is 0.917 bits per heavy atom. The van der Waals surface area contributed by atoms with Gasteiger partial charge in [-0.3, -0.25) is 0 Å². The van der Waals surface area contributed by atoms with E-state index in [1.54, 1.807) is 0 Å². The van der Waals surface area contributed by atoms with Crippen molar-refractivity contribution in [2.75, 3.05) is 0 Å². The fourth-order valence-corrected chi connectivity index (χ4v) is 3.71. The quantitative estimate of drug-likeness (QED) is 0.481. The minimum Gasteiger partial charge on any atom is -0.361 e. The lowest BCUT2D eigenvalue weighted by atomic mass is 9.92. The number of rotatable bonds is 3. The standard InChI is InChI=1S/C21H23N3/c1-12(2)14-7-10-23-21-17(14)11-19(24-21)15-5-6-18-16(8-9-22-18)20(15)13(3)4/h5-13,22H,1-4H3,(H,23,24). The van der Waals surface area contributed by atoms with Crippen molar-refractivity contribution in [3.63, 3.8) is 0 Å².